The van der Waals surface area contributed by atoms with Crippen molar-refractivity contribution in [3.8, 4) is 11.9 Å². The van der Waals surface area contributed by atoms with E-state index in [1.807, 2.05) is 36.4 Å². The quantitative estimate of drug-likeness (QED) is 0.733. The van der Waals surface area contributed by atoms with Crippen LogP contribution in [0.1, 0.15) is 18.4 Å². The van der Waals surface area contributed by atoms with E-state index >= 15 is 0 Å². The second-order valence-corrected chi connectivity index (χ2v) is 5.84. The molecular weight excluding hydrogens is 346 g/mol. The molecule has 1 aromatic carbocycles. The van der Waals surface area contributed by atoms with Gasteiger partial charge in [0, 0.05) is 18.2 Å². The van der Waals surface area contributed by atoms with Gasteiger partial charge in [-0.1, -0.05) is 18.2 Å². The fourth-order valence-electron chi connectivity index (χ4n) is 2.72. The standard InChI is InChI=1S/C18H13N7O2/c19-9-12-10-20-25(15-7-5-11-3-1-2-4-13(11)21-15)17(12)22-18(27)14-6-8-16(26)24-23-14/h1-5,7,10H,6,8H2,(H,22,27)(H,24,26). The molecule has 0 radical (unpaired) electrons. The summed E-state index contributed by atoms with van der Waals surface area (Å²) in [6, 6.07) is 13.2. The third kappa shape index (κ3) is 3.11. The molecule has 2 amide bonds. The lowest BCUT2D eigenvalue weighted by Gasteiger charge is -2.13. The highest BCUT2D eigenvalue weighted by Gasteiger charge is 2.22. The zero-order chi connectivity index (χ0) is 18.8. The second kappa shape index (κ2) is 6.68. The number of fused-ring (bicyclic) bond motifs is 1. The Labute approximate surface area is 153 Å². The van der Waals surface area contributed by atoms with Gasteiger partial charge in [-0.05, 0) is 18.2 Å². The van der Waals surface area contributed by atoms with Crippen LogP contribution in [-0.4, -0.2) is 32.3 Å². The van der Waals surface area contributed by atoms with Gasteiger partial charge >= 0.3 is 0 Å². The third-order valence-corrected chi connectivity index (χ3v) is 4.09. The fourth-order valence-corrected chi connectivity index (χ4v) is 2.72. The summed E-state index contributed by atoms with van der Waals surface area (Å²) in [5.41, 5.74) is 3.41. The SMILES string of the molecule is N#Cc1cnn(-c2ccc3ccccc3n2)c1NC(=O)C1=NNC(=O)CC1. The highest BCUT2D eigenvalue weighted by atomic mass is 16.2. The summed E-state index contributed by atoms with van der Waals surface area (Å²) in [5, 5.41) is 20.9. The first-order valence-corrected chi connectivity index (χ1v) is 8.17. The Balaban J connectivity index is 1.70. The normalized spacial score (nSPS) is 13.6. The van der Waals surface area contributed by atoms with Crippen LogP contribution in [0, 0.1) is 11.3 Å². The van der Waals surface area contributed by atoms with Gasteiger partial charge in [-0.2, -0.15) is 20.1 Å². The molecule has 0 bridgehead atoms. The van der Waals surface area contributed by atoms with Gasteiger partial charge in [-0.15, -0.1) is 0 Å². The highest BCUT2D eigenvalue weighted by molar-refractivity contribution is 6.43. The largest absolute Gasteiger partial charge is 0.304 e. The summed E-state index contributed by atoms with van der Waals surface area (Å²) in [6.45, 7) is 0. The number of nitrogens with zero attached hydrogens (tertiary/aromatic N) is 5. The summed E-state index contributed by atoms with van der Waals surface area (Å²) < 4.78 is 1.39. The van der Waals surface area contributed by atoms with E-state index in [0.29, 0.717) is 5.82 Å². The summed E-state index contributed by atoms with van der Waals surface area (Å²) >= 11 is 0. The monoisotopic (exact) mass is 359 g/mol. The minimum Gasteiger partial charge on any atom is -0.304 e. The van der Waals surface area contributed by atoms with Crippen molar-refractivity contribution in [3.05, 3.63) is 48.2 Å². The maximum atomic E-state index is 12.5. The van der Waals surface area contributed by atoms with Crippen molar-refractivity contribution in [2.45, 2.75) is 12.8 Å². The van der Waals surface area contributed by atoms with Crippen molar-refractivity contribution >= 4 is 34.2 Å². The van der Waals surface area contributed by atoms with E-state index in [-0.39, 0.29) is 35.8 Å². The van der Waals surface area contributed by atoms with Crippen molar-refractivity contribution in [2.24, 2.45) is 5.10 Å². The number of hydrogen-bond acceptors (Lipinski definition) is 6. The topological polar surface area (TPSA) is 125 Å². The molecule has 0 saturated heterocycles. The van der Waals surface area contributed by atoms with Crippen molar-refractivity contribution in [1.82, 2.24) is 20.2 Å². The van der Waals surface area contributed by atoms with Crippen LogP contribution in [0.5, 0.6) is 0 Å². The Kier molecular flexibility index (Phi) is 4.06. The van der Waals surface area contributed by atoms with E-state index in [1.165, 1.54) is 10.9 Å². The second-order valence-electron chi connectivity index (χ2n) is 5.84. The summed E-state index contributed by atoms with van der Waals surface area (Å²) in [6.07, 6.45) is 1.77. The molecule has 0 fully saturated rings. The summed E-state index contributed by atoms with van der Waals surface area (Å²) in [5.74, 6) is -0.0852. The molecule has 27 heavy (non-hydrogen) atoms. The number of nitrogens with one attached hydrogen (secondary N) is 2. The Morgan fingerprint density at radius 1 is 1.22 bits per heavy atom. The average Bonchev–Trinajstić information content (AvgIpc) is 3.10. The predicted octanol–water partition coefficient (Wildman–Crippen LogP) is 1.50. The zero-order valence-corrected chi connectivity index (χ0v) is 14.0. The molecule has 2 aromatic heterocycles. The molecule has 3 heterocycles. The predicted molar refractivity (Wildman–Crippen MR) is 97.0 cm³/mol. The molecule has 1 aliphatic heterocycles. The smallest absolute Gasteiger partial charge is 0.273 e. The van der Waals surface area contributed by atoms with E-state index < -0.39 is 5.91 Å². The molecule has 9 heteroatoms. The van der Waals surface area contributed by atoms with Crippen LogP contribution in [0.4, 0.5) is 5.82 Å². The molecule has 0 spiro atoms. The number of hydrazone groups is 1. The Morgan fingerprint density at radius 2 is 2.07 bits per heavy atom. The first-order chi connectivity index (χ1) is 13.2. The lowest BCUT2D eigenvalue weighted by atomic mass is 10.1. The molecule has 4 rings (SSSR count). The molecule has 0 atom stereocenters. The van der Waals surface area contributed by atoms with Crippen LogP contribution in [0.3, 0.4) is 0 Å². The molecular formula is C18H13N7O2. The number of amides is 2. The van der Waals surface area contributed by atoms with Gasteiger partial charge in [0.2, 0.25) is 5.91 Å². The summed E-state index contributed by atoms with van der Waals surface area (Å²) in [7, 11) is 0. The van der Waals surface area contributed by atoms with Crippen molar-refractivity contribution in [1.29, 1.82) is 5.26 Å². The van der Waals surface area contributed by atoms with Crippen LogP contribution in [0.25, 0.3) is 16.7 Å². The van der Waals surface area contributed by atoms with Gasteiger partial charge in [-0.3, -0.25) is 9.59 Å². The molecule has 0 unspecified atom stereocenters. The Hall–Kier alpha value is -4.06. The van der Waals surface area contributed by atoms with Crippen LogP contribution < -0.4 is 10.7 Å². The van der Waals surface area contributed by atoms with Crippen LogP contribution in [0.15, 0.2) is 47.7 Å². The van der Waals surface area contributed by atoms with E-state index in [2.05, 4.69) is 25.9 Å². The number of nitriles is 1. The summed E-state index contributed by atoms with van der Waals surface area (Å²) in [4.78, 5) is 28.2. The van der Waals surface area contributed by atoms with Gasteiger partial charge in [0.05, 0.1) is 11.7 Å². The van der Waals surface area contributed by atoms with E-state index in [9.17, 15) is 14.9 Å². The number of para-hydroxylation sites is 1. The van der Waals surface area contributed by atoms with Crippen LogP contribution in [-0.2, 0) is 9.59 Å². The van der Waals surface area contributed by atoms with Crippen LogP contribution >= 0.6 is 0 Å². The number of carbonyl (C=O) groups excluding carboxylic acids is 2. The molecule has 1 aliphatic rings. The molecule has 2 N–H and O–H groups in total. The molecule has 3 aromatic rings. The third-order valence-electron chi connectivity index (χ3n) is 4.09. The maximum absolute atomic E-state index is 12.5. The lowest BCUT2D eigenvalue weighted by molar-refractivity contribution is -0.121. The van der Waals surface area contributed by atoms with E-state index in [4.69, 9.17) is 0 Å². The maximum Gasteiger partial charge on any atom is 0.273 e. The lowest BCUT2D eigenvalue weighted by Crippen LogP contribution is -2.33. The average molecular weight is 359 g/mol. The van der Waals surface area contributed by atoms with Crippen molar-refractivity contribution in [2.75, 3.05) is 5.32 Å². The number of aromatic nitrogens is 3. The van der Waals surface area contributed by atoms with Gasteiger partial charge in [0.1, 0.15) is 17.3 Å². The van der Waals surface area contributed by atoms with Gasteiger partial charge in [-0.25, -0.2) is 10.4 Å². The Morgan fingerprint density at radius 3 is 2.85 bits per heavy atom. The number of hydrogen-bond donors (Lipinski definition) is 2. The van der Waals surface area contributed by atoms with Gasteiger partial charge < -0.3 is 5.32 Å². The van der Waals surface area contributed by atoms with E-state index in [0.717, 1.165) is 10.9 Å². The molecule has 0 aliphatic carbocycles. The van der Waals surface area contributed by atoms with Gasteiger partial charge in [0.15, 0.2) is 11.6 Å². The van der Waals surface area contributed by atoms with Crippen molar-refractivity contribution in [3.63, 3.8) is 0 Å². The fraction of sp³-hybridized carbons (Fsp3) is 0.111. The number of carbonyl (C=O) groups is 2. The minimum absolute atomic E-state index is 0.178. The first-order valence-electron chi connectivity index (χ1n) is 8.17. The highest BCUT2D eigenvalue weighted by Crippen LogP contribution is 2.21. The van der Waals surface area contributed by atoms with Crippen molar-refractivity contribution < 1.29 is 9.59 Å². The number of anilines is 1. The Bertz CT molecular complexity index is 1140. The minimum atomic E-state index is -0.506. The van der Waals surface area contributed by atoms with Crippen LogP contribution in [0.2, 0.25) is 0 Å². The first kappa shape index (κ1) is 16.4. The van der Waals surface area contributed by atoms with Gasteiger partial charge in [0.25, 0.3) is 5.91 Å². The number of benzene rings is 1. The number of pyridine rings is 1. The van der Waals surface area contributed by atoms with E-state index in [1.54, 1.807) is 6.07 Å². The molecule has 132 valence electrons. The zero-order valence-electron chi connectivity index (χ0n) is 14.0. The molecule has 9 nitrogen and oxygen atoms in total. The number of rotatable bonds is 3. The molecule has 0 saturated carbocycles.